The van der Waals surface area contributed by atoms with Crippen LogP contribution in [0.4, 0.5) is 0 Å². The van der Waals surface area contributed by atoms with Crippen LogP contribution in [0, 0.1) is 0 Å². The zero-order valence-electron chi connectivity index (χ0n) is 13.0. The predicted molar refractivity (Wildman–Crippen MR) is 81.0 cm³/mol. The van der Waals surface area contributed by atoms with Gasteiger partial charge in [0.25, 0.3) is 0 Å². The summed E-state index contributed by atoms with van der Waals surface area (Å²) in [4.78, 5) is 0. The van der Waals surface area contributed by atoms with Crippen LogP contribution in [0.5, 0.6) is 0 Å². The van der Waals surface area contributed by atoms with Crippen molar-refractivity contribution in [2.45, 2.75) is 67.6 Å². The summed E-state index contributed by atoms with van der Waals surface area (Å²) >= 11 is 0. The Balaban J connectivity index is -0.0000000359. The first-order valence-corrected chi connectivity index (χ1v) is 5.61. The van der Waals surface area contributed by atoms with Crippen molar-refractivity contribution in [1.29, 1.82) is 0 Å². The molecule has 0 bridgehead atoms. The number of rotatable bonds is 2. The summed E-state index contributed by atoms with van der Waals surface area (Å²) < 4.78 is 9.63. The Hall–Kier alpha value is 1.44. The largest absolute Gasteiger partial charge is 1.00 e. The van der Waals surface area contributed by atoms with Crippen LogP contribution in [0.1, 0.15) is 56.4 Å². The smallest absolute Gasteiger partial charge is 0.870 e. The van der Waals surface area contributed by atoms with Crippen molar-refractivity contribution in [3.63, 3.8) is 0 Å². The van der Waals surface area contributed by atoms with Gasteiger partial charge < -0.3 is 25.2 Å². The maximum Gasteiger partial charge on any atom is 1.00 e. The topological polar surface area (TPSA) is 92.2 Å². The first-order chi connectivity index (χ1) is 7.06. The Bertz CT molecular complexity index is 142. The van der Waals surface area contributed by atoms with E-state index in [1.54, 1.807) is 20.8 Å². The summed E-state index contributed by atoms with van der Waals surface area (Å²) in [5, 5.41) is 16.8. The van der Waals surface area contributed by atoms with Gasteiger partial charge in [-0.05, 0) is 41.5 Å². The second kappa shape index (κ2) is 20.4. The Kier molecular flexibility index (Phi) is 38.4. The number of aliphatic hydroxyl groups is 2. The average molecular weight is 325 g/mol. The number of ether oxygens (including phenoxy) is 2. The molecule has 0 aromatic heterocycles. The monoisotopic (exact) mass is 324 g/mol. The maximum atomic E-state index is 8.52. The minimum Gasteiger partial charge on any atom is -0.870 e. The van der Waals surface area contributed by atoms with E-state index < -0.39 is 5.60 Å². The van der Waals surface area contributed by atoms with Crippen molar-refractivity contribution in [3.05, 3.63) is 0 Å². The number of hydrogen-bond acceptors (Lipinski definition) is 5. The Morgan fingerprint density at radius 2 is 1.25 bits per heavy atom. The van der Waals surface area contributed by atoms with Crippen molar-refractivity contribution >= 4 is 0 Å². The van der Waals surface area contributed by atoms with Gasteiger partial charge in [-0.25, -0.2) is 0 Å². The van der Waals surface area contributed by atoms with Gasteiger partial charge in [-0.3, -0.25) is 0 Å². The van der Waals surface area contributed by atoms with E-state index in [9.17, 15) is 0 Å². The summed E-state index contributed by atoms with van der Waals surface area (Å²) in [6, 6.07) is 0. The molecule has 6 heteroatoms. The van der Waals surface area contributed by atoms with E-state index in [2.05, 4.69) is 4.74 Å². The third-order valence-corrected chi connectivity index (χ3v) is 0.830. The van der Waals surface area contributed by atoms with Gasteiger partial charge in [-0.15, -0.1) is 0 Å². The zero-order chi connectivity index (χ0) is 13.2. The summed E-state index contributed by atoms with van der Waals surface area (Å²) in [7, 11) is 0. The molecule has 0 unspecified atom stereocenters. The normalized spacial score (nSPS) is 11.4. The Morgan fingerprint density at radius 1 is 1.00 bits per heavy atom. The van der Waals surface area contributed by atoms with Crippen molar-refractivity contribution in [2.24, 2.45) is 0 Å². The molecule has 0 aromatic rings. The minimum atomic E-state index is -0.500. The van der Waals surface area contributed by atoms with E-state index in [1.165, 1.54) is 0 Å². The molecule has 0 saturated carbocycles. The van der Waals surface area contributed by atoms with Crippen LogP contribution < -0.4 is 51.4 Å². The third-order valence-electron chi connectivity index (χ3n) is 0.830. The van der Waals surface area contributed by atoms with Gasteiger partial charge in [-0.2, -0.15) is 0 Å². The van der Waals surface area contributed by atoms with E-state index in [4.69, 9.17) is 14.9 Å². The predicted octanol–water partition coefficient (Wildman–Crippen LogP) is -0.313. The first kappa shape index (κ1) is 37.6. The van der Waals surface area contributed by atoms with Crippen LogP contribution in [0.3, 0.4) is 0 Å². The summed E-state index contributed by atoms with van der Waals surface area (Å²) in [6.45, 7) is 13.7. The van der Waals surface area contributed by atoms with Crippen molar-refractivity contribution in [1.82, 2.24) is 0 Å². The molecule has 1 aliphatic heterocycles. The van der Waals surface area contributed by atoms with Crippen LogP contribution in [-0.2, 0) is 9.47 Å². The molecule has 0 amide bonds. The molecule has 124 valence electrons. The summed E-state index contributed by atoms with van der Waals surface area (Å²) in [5.74, 6) is 0. The quantitative estimate of drug-likeness (QED) is 0.537. The van der Waals surface area contributed by atoms with Crippen LogP contribution >= 0.6 is 0 Å². The second-order valence-electron chi connectivity index (χ2n) is 5.47. The Labute approximate surface area is 169 Å². The van der Waals surface area contributed by atoms with Gasteiger partial charge >= 0.3 is 51.4 Å². The molecule has 1 heterocycles. The number of aliphatic hydroxyl groups excluding tert-OH is 1. The SMILES string of the molecule is C.C.C1CO1.CC(C)(C)O.CC(C)(C)OCCO.[K+].[OH-]. The maximum absolute atomic E-state index is 8.52. The molecule has 0 aromatic carbocycles. The molecule has 5 nitrogen and oxygen atoms in total. The van der Waals surface area contributed by atoms with E-state index in [-0.39, 0.29) is 83.9 Å². The Morgan fingerprint density at radius 3 is 1.30 bits per heavy atom. The van der Waals surface area contributed by atoms with Crippen LogP contribution in [0.15, 0.2) is 0 Å². The second-order valence-corrected chi connectivity index (χ2v) is 5.47. The fourth-order valence-electron chi connectivity index (χ4n) is 0.352. The van der Waals surface area contributed by atoms with Gasteiger partial charge in [-0.1, -0.05) is 14.9 Å². The molecule has 3 N–H and O–H groups in total. The molecular weight excluding hydrogens is 287 g/mol. The molecule has 1 aliphatic rings. The zero-order valence-corrected chi connectivity index (χ0v) is 16.1. The van der Waals surface area contributed by atoms with Gasteiger partial charge in [0.05, 0.1) is 37.6 Å². The molecule has 0 radical (unpaired) electrons. The van der Waals surface area contributed by atoms with E-state index in [1.807, 2.05) is 20.8 Å². The fourth-order valence-corrected chi connectivity index (χ4v) is 0.352. The third kappa shape index (κ3) is 119. The van der Waals surface area contributed by atoms with Crippen LogP contribution in [-0.4, -0.2) is 53.3 Å². The molecule has 0 spiro atoms. The number of epoxide rings is 1. The molecule has 0 atom stereocenters. The molecule has 1 rings (SSSR count). The van der Waals surface area contributed by atoms with Crippen molar-refractivity contribution in [2.75, 3.05) is 26.4 Å². The molecule has 20 heavy (non-hydrogen) atoms. The fraction of sp³-hybridized carbons (Fsp3) is 1.00. The molecular formula is C14H37KO5. The number of hydrogen-bond donors (Lipinski definition) is 2. The van der Waals surface area contributed by atoms with E-state index in [0.29, 0.717) is 6.61 Å². The van der Waals surface area contributed by atoms with E-state index in [0.717, 1.165) is 13.2 Å². The first-order valence-electron chi connectivity index (χ1n) is 5.61. The van der Waals surface area contributed by atoms with Crippen LogP contribution in [0.25, 0.3) is 0 Å². The average Bonchev–Trinajstić information content (AvgIpc) is 2.80. The van der Waals surface area contributed by atoms with E-state index >= 15 is 0 Å². The summed E-state index contributed by atoms with van der Waals surface area (Å²) in [6.07, 6.45) is 0. The van der Waals surface area contributed by atoms with Gasteiger partial charge in [0.15, 0.2) is 0 Å². The summed E-state index contributed by atoms with van der Waals surface area (Å²) in [5.41, 5.74) is -0.608. The van der Waals surface area contributed by atoms with Gasteiger partial charge in [0.1, 0.15) is 0 Å². The van der Waals surface area contributed by atoms with Gasteiger partial charge in [0, 0.05) is 0 Å². The minimum absolute atomic E-state index is 0. The molecule has 0 aliphatic carbocycles. The molecule has 1 fully saturated rings. The van der Waals surface area contributed by atoms with Crippen molar-refractivity contribution < 1.29 is 76.5 Å². The van der Waals surface area contributed by atoms with Crippen molar-refractivity contribution in [3.8, 4) is 0 Å². The van der Waals surface area contributed by atoms with Gasteiger partial charge in [0.2, 0.25) is 0 Å². The molecule has 1 saturated heterocycles. The standard InChI is InChI=1S/C6H14O2.C4H10O.C2H4O.2CH4.K.H2O/c1-6(2,3)8-5-4-7;1-4(2,3)5;1-2-3-1;;;;/h7H,4-5H2,1-3H3;5H,1-3H3;1-2H2;2*1H4;;1H2/q;;;;;+1;/p-1. The van der Waals surface area contributed by atoms with Crippen LogP contribution in [0.2, 0.25) is 0 Å².